The summed E-state index contributed by atoms with van der Waals surface area (Å²) >= 11 is 0. The Balaban J connectivity index is 1.95. The third kappa shape index (κ3) is 4.60. The highest BCUT2D eigenvalue weighted by molar-refractivity contribution is 7.88. The smallest absolute Gasteiger partial charge is 0.319 e. The summed E-state index contributed by atoms with van der Waals surface area (Å²) in [6.07, 6.45) is 0.549. The number of fused-ring (bicyclic) bond motifs is 1. The van der Waals surface area contributed by atoms with Crippen molar-refractivity contribution < 1.29 is 22.7 Å². The summed E-state index contributed by atoms with van der Waals surface area (Å²) in [5.74, 6) is 0.397. The highest BCUT2D eigenvalue weighted by atomic mass is 32.2. The van der Waals surface area contributed by atoms with Crippen LogP contribution in [0.15, 0.2) is 18.2 Å². The van der Waals surface area contributed by atoms with E-state index in [0.717, 1.165) is 10.6 Å². The van der Waals surface area contributed by atoms with Crippen LogP contribution in [0.2, 0.25) is 0 Å². The lowest BCUT2D eigenvalue weighted by Gasteiger charge is -2.30. The van der Waals surface area contributed by atoms with E-state index in [9.17, 15) is 18.0 Å². The number of sulfonamides is 1. The van der Waals surface area contributed by atoms with Crippen LogP contribution in [-0.2, 0) is 14.8 Å². The van der Waals surface area contributed by atoms with Gasteiger partial charge in [0.2, 0.25) is 10.0 Å². The van der Waals surface area contributed by atoms with Gasteiger partial charge in [0, 0.05) is 32.9 Å². The predicted octanol–water partition coefficient (Wildman–Crippen LogP) is 0.443. The average Bonchev–Trinajstić information content (AvgIpc) is 2.52. The molecule has 138 valence electrons. The number of hydrogen-bond donors (Lipinski definition) is 2. The molecule has 0 unspecified atom stereocenters. The lowest BCUT2D eigenvalue weighted by Crippen LogP contribution is -2.42. The fourth-order valence-corrected chi connectivity index (χ4v) is 2.68. The van der Waals surface area contributed by atoms with E-state index in [1.165, 1.54) is 11.9 Å². The number of likely N-dealkylation sites (N-methyl/N-ethyl adjacent to an activating group) is 2. The van der Waals surface area contributed by atoms with Crippen molar-refractivity contribution in [2.24, 2.45) is 0 Å². The largest absolute Gasteiger partial charge is 0.479 e. The average molecular weight is 370 g/mol. The first kappa shape index (κ1) is 19.0. The van der Waals surface area contributed by atoms with Gasteiger partial charge in [-0.15, -0.1) is 0 Å². The van der Waals surface area contributed by atoms with Gasteiger partial charge in [0.25, 0.3) is 5.91 Å². The molecule has 1 aliphatic heterocycles. The van der Waals surface area contributed by atoms with E-state index in [-0.39, 0.29) is 19.0 Å². The van der Waals surface area contributed by atoms with Crippen LogP contribution in [0.25, 0.3) is 0 Å². The number of amides is 3. The topological polar surface area (TPSA) is 108 Å². The number of benzene rings is 1. The van der Waals surface area contributed by atoms with Gasteiger partial charge in [-0.1, -0.05) is 0 Å². The second-order valence-electron chi connectivity index (χ2n) is 5.81. The number of nitrogens with one attached hydrogen (secondary N) is 2. The van der Waals surface area contributed by atoms with Crippen molar-refractivity contribution in [2.75, 3.05) is 43.7 Å². The van der Waals surface area contributed by atoms with Crippen molar-refractivity contribution in [1.82, 2.24) is 9.62 Å². The molecular formula is C15H22N4O5S. The third-order valence-electron chi connectivity index (χ3n) is 3.84. The molecule has 0 radical (unpaired) electrons. The standard InChI is InChI=1S/C15H22N4O5S/c1-10-14(20)19(3)12-9-11(5-6-13(12)24-10)17-15(21)16-7-8-18(2)25(4,22)23/h5-6,9-10H,7-8H2,1-4H3,(H2,16,17,21)/t10-/m0/s1. The van der Waals surface area contributed by atoms with E-state index in [1.807, 2.05) is 0 Å². The highest BCUT2D eigenvalue weighted by Crippen LogP contribution is 2.35. The molecule has 0 aliphatic carbocycles. The zero-order chi connectivity index (χ0) is 18.8. The van der Waals surface area contributed by atoms with Crippen molar-refractivity contribution in [3.05, 3.63) is 18.2 Å². The maximum atomic E-state index is 12.0. The Kier molecular flexibility index (Phi) is 5.53. The summed E-state index contributed by atoms with van der Waals surface area (Å²) in [5, 5.41) is 5.21. The summed E-state index contributed by atoms with van der Waals surface area (Å²) in [5.41, 5.74) is 1.06. The van der Waals surface area contributed by atoms with Crippen LogP contribution >= 0.6 is 0 Å². The molecule has 0 bridgehead atoms. The lowest BCUT2D eigenvalue weighted by molar-refractivity contribution is -0.125. The Morgan fingerprint density at radius 1 is 1.40 bits per heavy atom. The van der Waals surface area contributed by atoms with Crippen molar-refractivity contribution in [1.29, 1.82) is 0 Å². The SMILES string of the molecule is C[C@@H]1Oc2ccc(NC(=O)NCCN(C)S(C)(=O)=O)cc2N(C)C1=O. The summed E-state index contributed by atoms with van der Waals surface area (Å²) in [6.45, 7) is 2.01. The molecular weight excluding hydrogens is 348 g/mol. The van der Waals surface area contributed by atoms with Crippen LogP contribution in [0.1, 0.15) is 6.92 Å². The second kappa shape index (κ2) is 7.28. The van der Waals surface area contributed by atoms with Crippen LogP contribution in [0.5, 0.6) is 5.75 Å². The minimum Gasteiger partial charge on any atom is -0.479 e. The maximum Gasteiger partial charge on any atom is 0.319 e. The predicted molar refractivity (Wildman–Crippen MR) is 94.4 cm³/mol. The molecule has 3 amide bonds. The minimum atomic E-state index is -3.28. The zero-order valence-electron chi connectivity index (χ0n) is 14.6. The monoisotopic (exact) mass is 370 g/mol. The first-order valence-corrected chi connectivity index (χ1v) is 9.49. The molecule has 1 atom stereocenters. The molecule has 2 N–H and O–H groups in total. The first-order chi connectivity index (χ1) is 11.6. The molecule has 1 aromatic carbocycles. The molecule has 1 heterocycles. The van der Waals surface area contributed by atoms with Gasteiger partial charge in [-0.05, 0) is 25.1 Å². The molecule has 0 fully saturated rings. The van der Waals surface area contributed by atoms with Crippen molar-refractivity contribution in [3.8, 4) is 5.75 Å². The van der Waals surface area contributed by atoms with E-state index < -0.39 is 22.2 Å². The fourth-order valence-electron chi connectivity index (χ4n) is 2.26. The zero-order valence-corrected chi connectivity index (χ0v) is 15.4. The molecule has 9 nitrogen and oxygen atoms in total. The number of carbonyl (C=O) groups is 2. The molecule has 0 spiro atoms. The summed E-state index contributed by atoms with van der Waals surface area (Å²) in [6, 6.07) is 4.52. The number of rotatable bonds is 5. The van der Waals surface area contributed by atoms with E-state index in [4.69, 9.17) is 4.74 Å². The Bertz CT molecular complexity index is 780. The van der Waals surface area contributed by atoms with Gasteiger partial charge in [-0.3, -0.25) is 4.79 Å². The summed E-state index contributed by atoms with van der Waals surface area (Å²) in [4.78, 5) is 25.3. The Hall–Kier alpha value is -2.33. The van der Waals surface area contributed by atoms with Gasteiger partial charge in [-0.25, -0.2) is 17.5 Å². The number of urea groups is 1. The maximum absolute atomic E-state index is 12.0. The van der Waals surface area contributed by atoms with E-state index in [0.29, 0.717) is 17.1 Å². The van der Waals surface area contributed by atoms with Gasteiger partial charge in [0.1, 0.15) is 5.75 Å². The van der Waals surface area contributed by atoms with Gasteiger partial charge < -0.3 is 20.3 Å². The van der Waals surface area contributed by atoms with Crippen molar-refractivity contribution in [3.63, 3.8) is 0 Å². The summed E-state index contributed by atoms with van der Waals surface area (Å²) < 4.78 is 29.2. The molecule has 0 saturated heterocycles. The molecule has 0 saturated carbocycles. The molecule has 2 rings (SSSR count). The lowest BCUT2D eigenvalue weighted by atomic mass is 10.2. The molecule has 10 heteroatoms. The summed E-state index contributed by atoms with van der Waals surface area (Å²) in [7, 11) is -0.195. The van der Waals surface area contributed by atoms with Crippen molar-refractivity contribution in [2.45, 2.75) is 13.0 Å². The van der Waals surface area contributed by atoms with Gasteiger partial charge in [-0.2, -0.15) is 0 Å². The number of ether oxygens (including phenoxy) is 1. The van der Waals surface area contributed by atoms with E-state index in [1.54, 1.807) is 32.2 Å². The minimum absolute atomic E-state index is 0.166. The number of hydrogen-bond acceptors (Lipinski definition) is 5. The van der Waals surface area contributed by atoms with Crippen LogP contribution in [0, 0.1) is 0 Å². The molecule has 1 aromatic rings. The van der Waals surface area contributed by atoms with Crippen LogP contribution in [0.3, 0.4) is 0 Å². The third-order valence-corrected chi connectivity index (χ3v) is 5.15. The Labute approximate surface area is 147 Å². The van der Waals surface area contributed by atoms with Crippen LogP contribution in [0.4, 0.5) is 16.2 Å². The normalized spacial score (nSPS) is 17.1. The number of nitrogens with zero attached hydrogens (tertiary/aromatic N) is 2. The van der Waals surface area contributed by atoms with E-state index in [2.05, 4.69) is 10.6 Å². The quantitative estimate of drug-likeness (QED) is 0.782. The first-order valence-electron chi connectivity index (χ1n) is 7.64. The van der Waals surface area contributed by atoms with Gasteiger partial charge in [0.05, 0.1) is 11.9 Å². The molecule has 25 heavy (non-hydrogen) atoms. The molecule has 0 aromatic heterocycles. The van der Waals surface area contributed by atoms with Crippen LogP contribution < -0.4 is 20.3 Å². The van der Waals surface area contributed by atoms with Crippen LogP contribution in [-0.4, -0.2) is 64.2 Å². The Morgan fingerprint density at radius 2 is 2.08 bits per heavy atom. The second-order valence-corrected chi connectivity index (χ2v) is 7.89. The fraction of sp³-hybridized carbons (Fsp3) is 0.467. The van der Waals surface area contributed by atoms with Crippen molar-refractivity contribution >= 4 is 33.3 Å². The molecule has 1 aliphatic rings. The van der Waals surface area contributed by atoms with Gasteiger partial charge in [0.15, 0.2) is 6.10 Å². The van der Waals surface area contributed by atoms with Gasteiger partial charge >= 0.3 is 6.03 Å². The van der Waals surface area contributed by atoms with E-state index >= 15 is 0 Å². The number of carbonyl (C=O) groups excluding carboxylic acids is 2. The highest BCUT2D eigenvalue weighted by Gasteiger charge is 2.29. The Morgan fingerprint density at radius 3 is 2.72 bits per heavy atom. The number of anilines is 2.